The van der Waals surface area contributed by atoms with Gasteiger partial charge >= 0.3 is 6.18 Å². The minimum absolute atomic E-state index is 0.222. The van der Waals surface area contributed by atoms with Crippen molar-refractivity contribution < 1.29 is 32.2 Å². The fraction of sp³-hybridized carbons (Fsp3) is 0.316. The Balaban J connectivity index is 2.14. The van der Waals surface area contributed by atoms with Gasteiger partial charge in [0.15, 0.2) is 0 Å². The van der Waals surface area contributed by atoms with E-state index in [0.29, 0.717) is 18.5 Å². The van der Waals surface area contributed by atoms with E-state index in [0.717, 1.165) is 12.1 Å². The molecule has 0 aliphatic heterocycles. The maximum Gasteiger partial charge on any atom is 0.416 e. The lowest BCUT2D eigenvalue weighted by atomic mass is 10.1. The van der Waals surface area contributed by atoms with Crippen LogP contribution in [0, 0.1) is 5.82 Å². The van der Waals surface area contributed by atoms with Gasteiger partial charge in [0.2, 0.25) is 0 Å². The Morgan fingerprint density at radius 3 is 2.22 bits per heavy atom. The van der Waals surface area contributed by atoms with Crippen LogP contribution in [0.1, 0.15) is 23.7 Å². The minimum Gasteiger partial charge on any atom is -0.549 e. The van der Waals surface area contributed by atoms with Crippen LogP contribution in [-0.2, 0) is 11.0 Å². The second kappa shape index (κ2) is 8.85. The van der Waals surface area contributed by atoms with Crippen molar-refractivity contribution >= 4 is 5.97 Å². The molecule has 0 N–H and O–H groups in total. The summed E-state index contributed by atoms with van der Waals surface area (Å²) >= 11 is 0. The van der Waals surface area contributed by atoms with E-state index < -0.39 is 29.6 Å². The largest absolute Gasteiger partial charge is 0.549 e. The van der Waals surface area contributed by atoms with Crippen molar-refractivity contribution in [3.8, 4) is 5.75 Å². The molecule has 0 saturated carbocycles. The number of carboxylic acids is 1. The Morgan fingerprint density at radius 2 is 1.70 bits per heavy atom. The van der Waals surface area contributed by atoms with Crippen LogP contribution in [0.2, 0.25) is 0 Å². The third-order valence-corrected chi connectivity index (χ3v) is 3.87. The zero-order chi connectivity index (χ0) is 20.0. The zero-order valence-electron chi connectivity index (χ0n) is 14.5. The van der Waals surface area contributed by atoms with E-state index in [-0.39, 0.29) is 12.3 Å². The Labute approximate surface area is 154 Å². The summed E-state index contributed by atoms with van der Waals surface area (Å²) in [7, 11) is 1.59. The van der Waals surface area contributed by atoms with Gasteiger partial charge in [0.25, 0.3) is 0 Å². The number of hydrogen-bond donors (Lipinski definition) is 0. The molecule has 0 aromatic heterocycles. The number of ether oxygens (including phenoxy) is 1. The Bertz CT molecular complexity index is 745. The van der Waals surface area contributed by atoms with E-state index in [4.69, 9.17) is 4.74 Å². The summed E-state index contributed by atoms with van der Waals surface area (Å²) in [6, 6.07) is 9.80. The third-order valence-electron chi connectivity index (χ3n) is 3.87. The molecule has 2 aromatic carbocycles. The predicted octanol–water partition coefficient (Wildman–Crippen LogP) is 3.04. The van der Waals surface area contributed by atoms with Gasteiger partial charge in [-0.2, -0.15) is 13.2 Å². The van der Waals surface area contributed by atoms with E-state index in [9.17, 15) is 27.5 Å². The number of hydrogen-bond acceptors (Lipinski definition) is 4. The molecule has 27 heavy (non-hydrogen) atoms. The molecule has 0 aliphatic rings. The lowest BCUT2D eigenvalue weighted by Gasteiger charge is -2.23. The normalized spacial score (nSPS) is 12.8. The van der Waals surface area contributed by atoms with Crippen molar-refractivity contribution in [1.29, 1.82) is 0 Å². The van der Waals surface area contributed by atoms with Crippen molar-refractivity contribution in [3.63, 3.8) is 0 Å². The summed E-state index contributed by atoms with van der Waals surface area (Å²) in [6.07, 6.45) is -4.69. The van der Waals surface area contributed by atoms with E-state index >= 15 is 0 Å². The first kappa shape index (κ1) is 20.7. The van der Waals surface area contributed by atoms with Gasteiger partial charge in [0.1, 0.15) is 17.7 Å². The number of carbonyl (C=O) groups is 1. The standard InChI is InChI=1S/C19H19F4NO3/c1-24(12-18(25)26)11-10-17(13-2-6-15(20)7-3-13)27-16-8-4-14(5-9-16)19(21,22)23/h2-9,17H,10-12H2,1H3,(H,25,26)/p-1. The third kappa shape index (κ3) is 6.56. The van der Waals surface area contributed by atoms with Crippen molar-refractivity contribution in [2.75, 3.05) is 20.1 Å². The summed E-state index contributed by atoms with van der Waals surface area (Å²) in [5.41, 5.74) is -0.167. The molecule has 0 fully saturated rings. The first-order valence-electron chi connectivity index (χ1n) is 8.13. The molecule has 2 rings (SSSR count). The number of nitrogens with zero attached hydrogens (tertiary/aromatic N) is 1. The molecule has 1 unspecified atom stereocenters. The SMILES string of the molecule is CN(CCC(Oc1ccc(C(F)(F)F)cc1)c1ccc(F)cc1)CC(=O)[O-]. The fourth-order valence-corrected chi connectivity index (χ4v) is 2.49. The number of aliphatic carboxylic acids is 1. The van der Waals surface area contributed by atoms with Gasteiger partial charge in [0, 0.05) is 19.5 Å². The van der Waals surface area contributed by atoms with Crippen LogP contribution in [0.5, 0.6) is 5.75 Å². The molecule has 4 nitrogen and oxygen atoms in total. The quantitative estimate of drug-likeness (QED) is 0.657. The molecule has 0 radical (unpaired) electrons. The molecule has 0 amide bonds. The minimum atomic E-state index is -4.44. The molecule has 0 saturated heterocycles. The Morgan fingerprint density at radius 1 is 1.11 bits per heavy atom. The lowest BCUT2D eigenvalue weighted by Crippen LogP contribution is -2.36. The van der Waals surface area contributed by atoms with Crippen LogP contribution in [0.3, 0.4) is 0 Å². The number of benzene rings is 2. The summed E-state index contributed by atoms with van der Waals surface area (Å²) in [5.74, 6) is -1.43. The molecule has 0 bridgehead atoms. The molecular formula is C19H18F4NO3-. The maximum atomic E-state index is 13.2. The fourth-order valence-electron chi connectivity index (χ4n) is 2.49. The van der Waals surface area contributed by atoms with Crippen LogP contribution in [-0.4, -0.2) is 31.0 Å². The van der Waals surface area contributed by atoms with E-state index in [1.165, 1.54) is 41.3 Å². The van der Waals surface area contributed by atoms with Crippen molar-refractivity contribution in [1.82, 2.24) is 4.90 Å². The topological polar surface area (TPSA) is 52.6 Å². The van der Waals surface area contributed by atoms with Gasteiger partial charge in [0.05, 0.1) is 11.5 Å². The highest BCUT2D eigenvalue weighted by Crippen LogP contribution is 2.32. The molecular weight excluding hydrogens is 366 g/mol. The summed E-state index contributed by atoms with van der Waals surface area (Å²) in [4.78, 5) is 12.2. The van der Waals surface area contributed by atoms with Crippen LogP contribution in [0.15, 0.2) is 48.5 Å². The van der Waals surface area contributed by atoms with Gasteiger partial charge in [-0.1, -0.05) is 12.1 Å². The second-order valence-corrected chi connectivity index (χ2v) is 6.08. The number of carbonyl (C=O) groups excluding carboxylic acids is 1. The number of halogens is 4. The number of carboxylic acid groups (broad SMARTS) is 1. The lowest BCUT2D eigenvalue weighted by molar-refractivity contribution is -0.306. The van der Waals surface area contributed by atoms with Gasteiger partial charge in [-0.15, -0.1) is 0 Å². The van der Waals surface area contributed by atoms with Gasteiger partial charge in [-0.05, 0) is 49.0 Å². The van der Waals surface area contributed by atoms with Crippen LogP contribution in [0.4, 0.5) is 17.6 Å². The summed E-state index contributed by atoms with van der Waals surface area (Å²) < 4.78 is 56.9. The predicted molar refractivity (Wildman–Crippen MR) is 88.3 cm³/mol. The number of rotatable bonds is 8. The first-order valence-corrected chi connectivity index (χ1v) is 8.13. The summed E-state index contributed by atoms with van der Waals surface area (Å²) in [6.45, 7) is 0.0626. The highest BCUT2D eigenvalue weighted by Gasteiger charge is 2.30. The van der Waals surface area contributed by atoms with Crippen LogP contribution < -0.4 is 9.84 Å². The average molecular weight is 384 g/mol. The molecule has 146 valence electrons. The molecule has 0 heterocycles. The van der Waals surface area contributed by atoms with E-state index in [2.05, 4.69) is 0 Å². The van der Waals surface area contributed by atoms with E-state index in [1.54, 1.807) is 7.05 Å². The van der Waals surface area contributed by atoms with Crippen LogP contribution >= 0.6 is 0 Å². The zero-order valence-corrected chi connectivity index (χ0v) is 14.5. The van der Waals surface area contributed by atoms with Gasteiger partial charge in [-0.25, -0.2) is 4.39 Å². The number of likely N-dealkylation sites (N-methyl/N-ethyl adjacent to an activating group) is 1. The maximum absolute atomic E-state index is 13.2. The van der Waals surface area contributed by atoms with Gasteiger partial charge in [-0.3, -0.25) is 0 Å². The second-order valence-electron chi connectivity index (χ2n) is 6.08. The van der Waals surface area contributed by atoms with Crippen molar-refractivity contribution in [2.45, 2.75) is 18.7 Å². The average Bonchev–Trinajstić information content (AvgIpc) is 2.58. The molecule has 1 atom stereocenters. The molecule has 8 heteroatoms. The molecule has 0 aliphatic carbocycles. The molecule has 0 spiro atoms. The van der Waals surface area contributed by atoms with Gasteiger partial charge < -0.3 is 19.5 Å². The monoisotopic (exact) mass is 384 g/mol. The van der Waals surface area contributed by atoms with E-state index in [1.807, 2.05) is 0 Å². The summed E-state index contributed by atoms with van der Waals surface area (Å²) in [5, 5.41) is 10.6. The highest BCUT2D eigenvalue weighted by atomic mass is 19.4. The Hall–Kier alpha value is -2.61. The number of alkyl halides is 3. The molecule has 2 aromatic rings. The van der Waals surface area contributed by atoms with Crippen LogP contribution in [0.25, 0.3) is 0 Å². The Kier molecular flexibility index (Phi) is 6.79. The smallest absolute Gasteiger partial charge is 0.416 e. The van der Waals surface area contributed by atoms with Crippen molar-refractivity contribution in [2.24, 2.45) is 0 Å². The highest BCUT2D eigenvalue weighted by molar-refractivity contribution is 5.66. The first-order chi connectivity index (χ1) is 12.6. The van der Waals surface area contributed by atoms with Crippen molar-refractivity contribution in [3.05, 3.63) is 65.5 Å².